The van der Waals surface area contributed by atoms with E-state index >= 15 is 0 Å². The van der Waals surface area contributed by atoms with Crippen LogP contribution in [0.5, 0.6) is 5.75 Å². The minimum atomic E-state index is -3.31. The molecule has 1 aromatic carbocycles. The summed E-state index contributed by atoms with van der Waals surface area (Å²) in [4.78, 5) is 0.244. The quantitative estimate of drug-likeness (QED) is 0.851. The van der Waals surface area contributed by atoms with E-state index in [2.05, 4.69) is 5.32 Å². The Morgan fingerprint density at radius 1 is 1.17 bits per heavy atom. The highest BCUT2D eigenvalue weighted by molar-refractivity contribution is 7.92. The van der Waals surface area contributed by atoms with Gasteiger partial charge in [0.2, 0.25) is 0 Å². The molecule has 2 aliphatic rings. The van der Waals surface area contributed by atoms with Crippen LogP contribution in [0.25, 0.3) is 0 Å². The first-order valence-corrected chi connectivity index (χ1v) is 7.89. The number of rotatable bonds is 2. The average molecular weight is 267 g/mol. The number of piperidine rings is 1. The van der Waals surface area contributed by atoms with Gasteiger partial charge in [-0.2, -0.15) is 0 Å². The molecule has 2 aliphatic heterocycles. The van der Waals surface area contributed by atoms with Crippen molar-refractivity contribution in [2.45, 2.75) is 47.9 Å². The number of sulfone groups is 1. The first-order chi connectivity index (χ1) is 8.55. The van der Waals surface area contributed by atoms with Gasteiger partial charge in [-0.25, -0.2) is 8.42 Å². The summed E-state index contributed by atoms with van der Waals surface area (Å²) in [6, 6.07) is 6.68. The minimum Gasteiger partial charge on any atom is -0.508 e. The zero-order valence-corrected chi connectivity index (χ0v) is 10.9. The fourth-order valence-corrected chi connectivity index (χ4v) is 5.02. The minimum absolute atomic E-state index is 0.00739. The van der Waals surface area contributed by atoms with Crippen LogP contribution in [0.1, 0.15) is 25.7 Å². The summed E-state index contributed by atoms with van der Waals surface area (Å²) in [6.07, 6.45) is 3.54. The molecule has 2 saturated heterocycles. The van der Waals surface area contributed by atoms with Gasteiger partial charge in [0.05, 0.1) is 10.1 Å². The van der Waals surface area contributed by atoms with Crippen molar-refractivity contribution in [3.05, 3.63) is 24.3 Å². The molecule has 2 bridgehead atoms. The number of fused-ring (bicyclic) bond motifs is 2. The third kappa shape index (κ3) is 2.01. The second kappa shape index (κ2) is 4.24. The highest BCUT2D eigenvalue weighted by Gasteiger charge is 2.40. The second-order valence-electron chi connectivity index (χ2n) is 5.27. The molecule has 98 valence electrons. The molecule has 1 aromatic rings. The number of aromatic hydroxyl groups is 1. The molecule has 0 spiro atoms. The Kier molecular flexibility index (Phi) is 2.83. The van der Waals surface area contributed by atoms with E-state index in [-0.39, 0.29) is 15.9 Å². The number of benzene rings is 1. The van der Waals surface area contributed by atoms with Crippen LogP contribution in [-0.2, 0) is 9.84 Å². The van der Waals surface area contributed by atoms with E-state index in [1.807, 2.05) is 0 Å². The standard InChI is InChI=1S/C13H17NO3S/c15-11-2-1-3-12(8-11)18(16,17)13-6-9-4-5-10(7-13)14-9/h1-3,8-10,13-15H,4-7H2. The van der Waals surface area contributed by atoms with Crippen molar-refractivity contribution in [3.63, 3.8) is 0 Å². The fraction of sp³-hybridized carbons (Fsp3) is 0.538. The van der Waals surface area contributed by atoms with Crippen molar-refractivity contribution < 1.29 is 13.5 Å². The van der Waals surface area contributed by atoms with Gasteiger partial charge >= 0.3 is 0 Å². The normalized spacial score (nSPS) is 31.4. The molecule has 2 unspecified atom stereocenters. The monoisotopic (exact) mass is 267 g/mol. The molecule has 2 heterocycles. The number of nitrogens with one attached hydrogen (secondary N) is 1. The van der Waals surface area contributed by atoms with E-state index < -0.39 is 9.84 Å². The summed E-state index contributed by atoms with van der Waals surface area (Å²) in [5, 5.41) is 12.5. The summed E-state index contributed by atoms with van der Waals surface area (Å²) in [5.41, 5.74) is 0. The molecular weight excluding hydrogens is 250 g/mol. The van der Waals surface area contributed by atoms with Crippen molar-refractivity contribution in [2.24, 2.45) is 0 Å². The molecule has 0 amide bonds. The van der Waals surface area contributed by atoms with Crippen LogP contribution < -0.4 is 5.32 Å². The number of phenols is 1. The molecule has 2 N–H and O–H groups in total. The zero-order chi connectivity index (χ0) is 12.8. The SMILES string of the molecule is O=S(=O)(c1cccc(O)c1)C1CC2CCC(C1)N2. The summed E-state index contributed by atoms with van der Waals surface area (Å²) >= 11 is 0. The summed E-state index contributed by atoms with van der Waals surface area (Å²) in [5.74, 6) is 0.00739. The molecule has 0 radical (unpaired) electrons. The molecule has 0 aliphatic carbocycles. The van der Waals surface area contributed by atoms with E-state index in [9.17, 15) is 13.5 Å². The lowest BCUT2D eigenvalue weighted by Crippen LogP contribution is -2.43. The summed E-state index contributed by atoms with van der Waals surface area (Å²) < 4.78 is 25.0. The number of phenolic OH excluding ortho intramolecular Hbond substituents is 1. The molecule has 2 atom stereocenters. The van der Waals surface area contributed by atoms with E-state index in [0.29, 0.717) is 24.9 Å². The maximum atomic E-state index is 12.5. The molecular formula is C13H17NO3S. The lowest BCUT2D eigenvalue weighted by atomic mass is 10.1. The van der Waals surface area contributed by atoms with Crippen LogP contribution in [0.4, 0.5) is 0 Å². The highest BCUT2D eigenvalue weighted by Crippen LogP contribution is 2.33. The Morgan fingerprint density at radius 3 is 2.44 bits per heavy atom. The second-order valence-corrected chi connectivity index (χ2v) is 7.50. The average Bonchev–Trinajstić information content (AvgIpc) is 2.68. The van der Waals surface area contributed by atoms with Crippen molar-refractivity contribution in [2.75, 3.05) is 0 Å². The van der Waals surface area contributed by atoms with Gasteiger partial charge in [-0.3, -0.25) is 0 Å². The van der Waals surface area contributed by atoms with E-state index in [0.717, 1.165) is 12.8 Å². The predicted octanol–water partition coefficient (Wildman–Crippen LogP) is 1.45. The molecule has 0 aromatic heterocycles. The molecule has 5 heteroatoms. The van der Waals surface area contributed by atoms with Gasteiger partial charge in [0, 0.05) is 12.1 Å². The van der Waals surface area contributed by atoms with Crippen molar-refractivity contribution >= 4 is 9.84 Å². The number of hydrogen-bond acceptors (Lipinski definition) is 4. The molecule has 18 heavy (non-hydrogen) atoms. The van der Waals surface area contributed by atoms with Gasteiger partial charge in [-0.05, 0) is 43.9 Å². The Hall–Kier alpha value is -1.07. The van der Waals surface area contributed by atoms with Crippen molar-refractivity contribution in [3.8, 4) is 5.75 Å². The lowest BCUT2D eigenvalue weighted by Gasteiger charge is -2.28. The van der Waals surface area contributed by atoms with Crippen LogP contribution >= 0.6 is 0 Å². The molecule has 3 rings (SSSR count). The molecule has 0 saturated carbocycles. The van der Waals surface area contributed by atoms with Crippen LogP contribution in [0, 0.1) is 0 Å². The summed E-state index contributed by atoms with van der Waals surface area (Å²) in [6.45, 7) is 0. The van der Waals surface area contributed by atoms with Gasteiger partial charge in [-0.15, -0.1) is 0 Å². The topological polar surface area (TPSA) is 66.4 Å². The van der Waals surface area contributed by atoms with Gasteiger partial charge < -0.3 is 10.4 Å². The van der Waals surface area contributed by atoms with Gasteiger partial charge in [-0.1, -0.05) is 6.07 Å². The van der Waals surface area contributed by atoms with Crippen LogP contribution in [0.2, 0.25) is 0 Å². The van der Waals surface area contributed by atoms with Gasteiger partial charge in [0.1, 0.15) is 5.75 Å². The maximum absolute atomic E-state index is 12.5. The van der Waals surface area contributed by atoms with Crippen molar-refractivity contribution in [1.29, 1.82) is 0 Å². The zero-order valence-electron chi connectivity index (χ0n) is 10.0. The van der Waals surface area contributed by atoms with E-state index in [1.165, 1.54) is 12.1 Å². The molecule has 2 fully saturated rings. The van der Waals surface area contributed by atoms with E-state index in [4.69, 9.17) is 0 Å². The van der Waals surface area contributed by atoms with Crippen LogP contribution in [-0.4, -0.2) is 30.9 Å². The maximum Gasteiger partial charge on any atom is 0.181 e. The Balaban J connectivity index is 1.91. The Labute approximate surface area is 107 Å². The Morgan fingerprint density at radius 2 is 1.83 bits per heavy atom. The summed E-state index contributed by atoms with van der Waals surface area (Å²) in [7, 11) is -3.31. The fourth-order valence-electron chi connectivity index (χ4n) is 3.11. The van der Waals surface area contributed by atoms with Crippen molar-refractivity contribution in [1.82, 2.24) is 5.32 Å². The lowest BCUT2D eigenvalue weighted by molar-refractivity contribution is 0.401. The highest BCUT2D eigenvalue weighted by atomic mass is 32.2. The largest absolute Gasteiger partial charge is 0.508 e. The third-order valence-electron chi connectivity index (χ3n) is 4.01. The van der Waals surface area contributed by atoms with Crippen LogP contribution in [0.3, 0.4) is 0 Å². The van der Waals surface area contributed by atoms with E-state index in [1.54, 1.807) is 12.1 Å². The first-order valence-electron chi connectivity index (χ1n) is 6.34. The predicted molar refractivity (Wildman–Crippen MR) is 68.3 cm³/mol. The first kappa shape index (κ1) is 12.0. The Bertz CT molecular complexity index is 543. The van der Waals surface area contributed by atoms with Crippen LogP contribution in [0.15, 0.2) is 29.2 Å². The molecule has 4 nitrogen and oxygen atoms in total. The van der Waals surface area contributed by atoms with Gasteiger partial charge in [0.15, 0.2) is 9.84 Å². The third-order valence-corrected chi connectivity index (χ3v) is 6.19. The number of hydrogen-bond donors (Lipinski definition) is 2. The van der Waals surface area contributed by atoms with Gasteiger partial charge in [0.25, 0.3) is 0 Å². The smallest absolute Gasteiger partial charge is 0.181 e.